The van der Waals surface area contributed by atoms with Gasteiger partial charge in [0.05, 0.1) is 4.90 Å². The van der Waals surface area contributed by atoms with Crippen LogP contribution in [-0.2, 0) is 16.6 Å². The van der Waals surface area contributed by atoms with Gasteiger partial charge in [0.15, 0.2) is 0 Å². The van der Waals surface area contributed by atoms with Gasteiger partial charge in [-0.2, -0.15) is 4.31 Å². The van der Waals surface area contributed by atoms with Crippen LogP contribution in [0, 0.1) is 0 Å². The fourth-order valence-electron chi connectivity index (χ4n) is 2.09. The first-order valence-electron chi connectivity index (χ1n) is 6.89. The standard InChI is InChI=1S/C16H18N2O3S/c1-2-18(12-13-6-4-3-5-7-13)22(20,21)15-10-8-14(9-11-15)16(17)19/h3-11H,2,12H2,1H3,(H2,17,19). The number of carbonyl (C=O) groups excluding carboxylic acids is 1. The molecule has 0 radical (unpaired) electrons. The second-order valence-corrected chi connectivity index (χ2v) is 6.74. The molecule has 2 aromatic rings. The normalized spacial score (nSPS) is 11.5. The van der Waals surface area contributed by atoms with E-state index in [1.807, 2.05) is 30.3 Å². The summed E-state index contributed by atoms with van der Waals surface area (Å²) in [4.78, 5) is 11.2. The minimum Gasteiger partial charge on any atom is -0.366 e. The number of amides is 1. The topological polar surface area (TPSA) is 80.5 Å². The number of nitrogens with zero attached hydrogens (tertiary/aromatic N) is 1. The van der Waals surface area contributed by atoms with E-state index < -0.39 is 15.9 Å². The van der Waals surface area contributed by atoms with Crippen molar-refractivity contribution >= 4 is 15.9 Å². The van der Waals surface area contributed by atoms with E-state index in [2.05, 4.69) is 0 Å². The Balaban J connectivity index is 2.28. The van der Waals surface area contributed by atoms with Crippen molar-refractivity contribution in [2.75, 3.05) is 6.54 Å². The van der Waals surface area contributed by atoms with Crippen molar-refractivity contribution in [3.05, 3.63) is 65.7 Å². The molecule has 0 atom stereocenters. The summed E-state index contributed by atoms with van der Waals surface area (Å²) in [5, 5.41) is 0. The van der Waals surface area contributed by atoms with E-state index in [9.17, 15) is 13.2 Å². The molecule has 0 unspecified atom stereocenters. The zero-order chi connectivity index (χ0) is 16.2. The quantitative estimate of drug-likeness (QED) is 0.884. The highest BCUT2D eigenvalue weighted by molar-refractivity contribution is 7.89. The first-order chi connectivity index (χ1) is 10.4. The van der Waals surface area contributed by atoms with Crippen LogP contribution < -0.4 is 5.73 Å². The monoisotopic (exact) mass is 318 g/mol. The van der Waals surface area contributed by atoms with E-state index in [-0.39, 0.29) is 10.5 Å². The highest BCUT2D eigenvalue weighted by atomic mass is 32.2. The third kappa shape index (κ3) is 3.52. The molecule has 2 aromatic carbocycles. The largest absolute Gasteiger partial charge is 0.366 e. The molecule has 0 saturated heterocycles. The summed E-state index contributed by atoms with van der Waals surface area (Å²) < 4.78 is 26.7. The molecule has 0 bridgehead atoms. The van der Waals surface area contributed by atoms with Crippen molar-refractivity contribution in [2.24, 2.45) is 5.73 Å². The minimum absolute atomic E-state index is 0.148. The number of benzene rings is 2. The molecule has 6 heteroatoms. The molecule has 5 nitrogen and oxygen atoms in total. The Morgan fingerprint density at radius 1 is 1.05 bits per heavy atom. The Morgan fingerprint density at radius 2 is 1.64 bits per heavy atom. The highest BCUT2D eigenvalue weighted by Crippen LogP contribution is 2.18. The molecule has 0 aromatic heterocycles. The van der Waals surface area contributed by atoms with E-state index in [0.717, 1.165) is 5.56 Å². The van der Waals surface area contributed by atoms with Gasteiger partial charge in [-0.1, -0.05) is 37.3 Å². The summed E-state index contributed by atoms with van der Waals surface area (Å²) in [6.45, 7) is 2.45. The van der Waals surface area contributed by atoms with Gasteiger partial charge in [0.25, 0.3) is 0 Å². The van der Waals surface area contributed by atoms with Crippen molar-refractivity contribution in [2.45, 2.75) is 18.4 Å². The third-order valence-corrected chi connectivity index (χ3v) is 5.27. The maximum absolute atomic E-state index is 12.7. The third-order valence-electron chi connectivity index (χ3n) is 3.33. The molecule has 0 aliphatic heterocycles. The van der Waals surface area contributed by atoms with Crippen molar-refractivity contribution < 1.29 is 13.2 Å². The van der Waals surface area contributed by atoms with Crippen LogP contribution in [0.2, 0.25) is 0 Å². The predicted molar refractivity (Wildman–Crippen MR) is 84.7 cm³/mol. The maximum Gasteiger partial charge on any atom is 0.248 e. The van der Waals surface area contributed by atoms with Crippen molar-refractivity contribution in [1.29, 1.82) is 0 Å². The van der Waals surface area contributed by atoms with Crippen LogP contribution in [0.15, 0.2) is 59.5 Å². The van der Waals surface area contributed by atoms with Gasteiger partial charge < -0.3 is 5.73 Å². The lowest BCUT2D eigenvalue weighted by Crippen LogP contribution is -2.30. The number of nitrogens with two attached hydrogens (primary N) is 1. The van der Waals surface area contributed by atoms with Crippen LogP contribution in [0.4, 0.5) is 0 Å². The second-order valence-electron chi connectivity index (χ2n) is 4.81. The molecule has 0 fully saturated rings. The average molecular weight is 318 g/mol. The van der Waals surface area contributed by atoms with E-state index in [1.54, 1.807) is 6.92 Å². The van der Waals surface area contributed by atoms with E-state index in [1.165, 1.54) is 28.6 Å². The molecule has 0 heterocycles. The zero-order valence-corrected chi connectivity index (χ0v) is 13.1. The smallest absolute Gasteiger partial charge is 0.248 e. The lowest BCUT2D eigenvalue weighted by molar-refractivity contribution is 0.1000. The molecule has 116 valence electrons. The number of sulfonamides is 1. The molecule has 0 aliphatic carbocycles. The van der Waals surface area contributed by atoms with Crippen LogP contribution in [0.1, 0.15) is 22.8 Å². The Morgan fingerprint density at radius 3 is 2.14 bits per heavy atom. The molecule has 0 saturated carbocycles. The lowest BCUT2D eigenvalue weighted by atomic mass is 10.2. The molecule has 2 rings (SSSR count). The zero-order valence-electron chi connectivity index (χ0n) is 12.3. The molecule has 2 N–H and O–H groups in total. The van der Waals surface area contributed by atoms with Gasteiger partial charge in [0.1, 0.15) is 0 Å². The van der Waals surface area contributed by atoms with Crippen LogP contribution in [0.5, 0.6) is 0 Å². The maximum atomic E-state index is 12.7. The number of hydrogen-bond acceptors (Lipinski definition) is 3. The van der Waals surface area contributed by atoms with E-state index in [4.69, 9.17) is 5.73 Å². The van der Waals surface area contributed by atoms with Crippen LogP contribution in [0.3, 0.4) is 0 Å². The Labute approximate surface area is 130 Å². The highest BCUT2D eigenvalue weighted by Gasteiger charge is 2.23. The molecular weight excluding hydrogens is 300 g/mol. The van der Waals surface area contributed by atoms with Crippen molar-refractivity contribution in [1.82, 2.24) is 4.31 Å². The van der Waals surface area contributed by atoms with Gasteiger partial charge in [-0.25, -0.2) is 8.42 Å². The fourth-order valence-corrected chi connectivity index (χ4v) is 3.53. The fraction of sp³-hybridized carbons (Fsp3) is 0.188. The average Bonchev–Trinajstić information content (AvgIpc) is 2.53. The van der Waals surface area contributed by atoms with Crippen LogP contribution in [0.25, 0.3) is 0 Å². The van der Waals surface area contributed by atoms with E-state index in [0.29, 0.717) is 13.1 Å². The van der Waals surface area contributed by atoms with Crippen LogP contribution >= 0.6 is 0 Å². The molecule has 0 aliphatic rings. The summed E-state index contributed by atoms with van der Waals surface area (Å²) in [6, 6.07) is 15.1. The summed E-state index contributed by atoms with van der Waals surface area (Å²) in [5.41, 5.74) is 6.36. The summed E-state index contributed by atoms with van der Waals surface area (Å²) in [6.07, 6.45) is 0. The minimum atomic E-state index is -3.61. The van der Waals surface area contributed by atoms with Gasteiger partial charge in [0, 0.05) is 18.7 Å². The van der Waals surface area contributed by atoms with Gasteiger partial charge in [-0.05, 0) is 29.8 Å². The number of carbonyl (C=O) groups is 1. The second kappa shape index (κ2) is 6.72. The Bertz CT molecular complexity index is 741. The van der Waals surface area contributed by atoms with Crippen molar-refractivity contribution in [3.63, 3.8) is 0 Å². The number of primary amides is 1. The SMILES string of the molecule is CCN(Cc1ccccc1)S(=O)(=O)c1ccc(C(N)=O)cc1. The van der Waals surface area contributed by atoms with Gasteiger partial charge in [-0.3, -0.25) is 4.79 Å². The van der Waals surface area contributed by atoms with E-state index >= 15 is 0 Å². The molecular formula is C16H18N2O3S. The first kappa shape index (κ1) is 16.2. The molecule has 22 heavy (non-hydrogen) atoms. The van der Waals surface area contributed by atoms with Crippen LogP contribution in [-0.4, -0.2) is 25.2 Å². The van der Waals surface area contributed by atoms with Crippen molar-refractivity contribution in [3.8, 4) is 0 Å². The van der Waals surface area contributed by atoms with Gasteiger partial charge >= 0.3 is 0 Å². The summed E-state index contributed by atoms with van der Waals surface area (Å²) in [5.74, 6) is -0.583. The summed E-state index contributed by atoms with van der Waals surface area (Å²) >= 11 is 0. The van der Waals surface area contributed by atoms with Gasteiger partial charge in [0.2, 0.25) is 15.9 Å². The predicted octanol–water partition coefficient (Wildman–Crippen LogP) is 2.00. The Kier molecular flexibility index (Phi) is 4.95. The molecule has 1 amide bonds. The number of hydrogen-bond donors (Lipinski definition) is 1. The summed E-state index contributed by atoms with van der Waals surface area (Å²) in [7, 11) is -3.61. The number of rotatable bonds is 6. The lowest BCUT2D eigenvalue weighted by Gasteiger charge is -2.20. The van der Waals surface area contributed by atoms with Gasteiger partial charge in [-0.15, -0.1) is 0 Å². The molecule has 0 spiro atoms. The Hall–Kier alpha value is -2.18. The first-order valence-corrected chi connectivity index (χ1v) is 8.33.